The van der Waals surface area contributed by atoms with Gasteiger partial charge in [0.05, 0.1) is 0 Å². The van der Waals surface area contributed by atoms with E-state index in [0.29, 0.717) is 0 Å². The van der Waals surface area contributed by atoms with Crippen molar-refractivity contribution >= 4 is 0 Å². The van der Waals surface area contributed by atoms with Crippen LogP contribution in [0.2, 0.25) is 0 Å². The number of aromatic amines is 1. The molecule has 0 saturated carbocycles. The molecule has 1 heterocycles. The zero-order valence-corrected chi connectivity index (χ0v) is 9.12. The molecule has 1 aromatic heterocycles. The molecule has 1 rings (SSSR count). The smallest absolute Gasteiger partial charge is 0.321 e. The Labute approximate surface area is 85.3 Å². The fourth-order valence-corrected chi connectivity index (χ4v) is 1.27. The third-order valence-electron chi connectivity index (χ3n) is 1.90. The zero-order chi connectivity index (χ0) is 11.8. The molecule has 0 fully saturated rings. The second kappa shape index (κ2) is 3.41. The summed E-state index contributed by atoms with van der Waals surface area (Å²) in [5.41, 5.74) is -0.436. The summed E-state index contributed by atoms with van der Waals surface area (Å²) in [7, 11) is 1.42. The standard InChI is InChI=1S/C8H14N4O3/c1-8(2,3)11-5(13)10-6(14)12(9-4)7(11)15/h9H,1-4H3,(H,10,13,14). The fraction of sp³-hybridized carbons (Fsp3) is 0.625. The van der Waals surface area contributed by atoms with Crippen LogP contribution in [0.4, 0.5) is 0 Å². The highest BCUT2D eigenvalue weighted by molar-refractivity contribution is 4.83. The summed E-state index contributed by atoms with van der Waals surface area (Å²) in [4.78, 5) is 36.4. The molecule has 0 bridgehead atoms. The van der Waals surface area contributed by atoms with Gasteiger partial charge in [-0.25, -0.2) is 19.0 Å². The maximum absolute atomic E-state index is 11.7. The van der Waals surface area contributed by atoms with E-state index in [-0.39, 0.29) is 0 Å². The lowest BCUT2D eigenvalue weighted by molar-refractivity contribution is 0.347. The molecule has 0 aliphatic rings. The van der Waals surface area contributed by atoms with E-state index >= 15 is 0 Å². The molecule has 0 aliphatic carbocycles. The molecule has 0 aromatic carbocycles. The molecule has 0 amide bonds. The maximum atomic E-state index is 11.7. The number of H-pyrrole nitrogens is 1. The van der Waals surface area contributed by atoms with Crippen LogP contribution in [0.1, 0.15) is 20.8 Å². The summed E-state index contributed by atoms with van der Waals surface area (Å²) >= 11 is 0. The minimum Gasteiger partial charge on any atom is -0.321 e. The Morgan fingerprint density at radius 2 is 1.67 bits per heavy atom. The zero-order valence-electron chi connectivity index (χ0n) is 9.12. The summed E-state index contributed by atoms with van der Waals surface area (Å²) in [6.07, 6.45) is 0. The van der Waals surface area contributed by atoms with Crippen molar-refractivity contribution in [1.82, 2.24) is 14.2 Å². The van der Waals surface area contributed by atoms with Crippen LogP contribution in [0.15, 0.2) is 14.4 Å². The number of hydrogen-bond donors (Lipinski definition) is 2. The van der Waals surface area contributed by atoms with Gasteiger partial charge in [0.1, 0.15) is 0 Å². The van der Waals surface area contributed by atoms with Gasteiger partial charge in [0, 0.05) is 12.6 Å². The van der Waals surface area contributed by atoms with E-state index in [0.717, 1.165) is 9.24 Å². The Kier molecular flexibility index (Phi) is 2.57. The Morgan fingerprint density at radius 3 is 2.07 bits per heavy atom. The molecule has 84 valence electrons. The Morgan fingerprint density at radius 1 is 1.13 bits per heavy atom. The Hall–Kier alpha value is -1.79. The highest BCUT2D eigenvalue weighted by Gasteiger charge is 2.20. The van der Waals surface area contributed by atoms with Gasteiger partial charge < -0.3 is 5.43 Å². The first kappa shape index (κ1) is 11.3. The van der Waals surface area contributed by atoms with E-state index < -0.39 is 22.6 Å². The average molecular weight is 214 g/mol. The summed E-state index contributed by atoms with van der Waals surface area (Å²) in [5.74, 6) is 0. The van der Waals surface area contributed by atoms with Crippen LogP contribution >= 0.6 is 0 Å². The van der Waals surface area contributed by atoms with Crippen molar-refractivity contribution in [2.24, 2.45) is 0 Å². The highest BCUT2D eigenvalue weighted by atomic mass is 16.2. The Balaban J connectivity index is 3.78. The lowest BCUT2D eigenvalue weighted by Gasteiger charge is -2.20. The fourth-order valence-electron chi connectivity index (χ4n) is 1.27. The number of aromatic nitrogens is 3. The van der Waals surface area contributed by atoms with Crippen molar-refractivity contribution in [1.29, 1.82) is 0 Å². The number of nitrogens with zero attached hydrogens (tertiary/aromatic N) is 2. The van der Waals surface area contributed by atoms with Crippen molar-refractivity contribution in [3.63, 3.8) is 0 Å². The summed E-state index contributed by atoms with van der Waals surface area (Å²) in [5, 5.41) is 0. The van der Waals surface area contributed by atoms with Crippen molar-refractivity contribution < 1.29 is 0 Å². The van der Waals surface area contributed by atoms with Crippen LogP contribution in [0.3, 0.4) is 0 Å². The number of hydrogen-bond acceptors (Lipinski definition) is 4. The van der Waals surface area contributed by atoms with Crippen LogP contribution in [0.25, 0.3) is 0 Å². The lowest BCUT2D eigenvalue weighted by atomic mass is 10.1. The van der Waals surface area contributed by atoms with Gasteiger partial charge in [-0.05, 0) is 20.8 Å². The van der Waals surface area contributed by atoms with Crippen molar-refractivity contribution in [3.05, 3.63) is 31.5 Å². The van der Waals surface area contributed by atoms with Crippen LogP contribution < -0.4 is 22.5 Å². The SMILES string of the molecule is CNn1c(=O)[nH]c(=O)n(C(C)(C)C)c1=O. The van der Waals surface area contributed by atoms with Gasteiger partial charge in [-0.15, -0.1) is 0 Å². The topological polar surface area (TPSA) is 88.9 Å². The summed E-state index contributed by atoms with van der Waals surface area (Å²) in [6.45, 7) is 5.11. The largest absolute Gasteiger partial charge is 0.355 e. The number of nitrogens with one attached hydrogen (secondary N) is 2. The predicted octanol–water partition coefficient (Wildman–Crippen LogP) is -1.37. The second-order valence-corrected chi connectivity index (χ2v) is 4.08. The second-order valence-electron chi connectivity index (χ2n) is 4.08. The van der Waals surface area contributed by atoms with E-state index in [9.17, 15) is 14.4 Å². The van der Waals surface area contributed by atoms with Gasteiger partial charge in [0.15, 0.2) is 0 Å². The Bertz CT molecular complexity index is 529. The monoisotopic (exact) mass is 214 g/mol. The van der Waals surface area contributed by atoms with Crippen molar-refractivity contribution in [2.45, 2.75) is 26.3 Å². The van der Waals surface area contributed by atoms with Gasteiger partial charge >= 0.3 is 17.1 Å². The van der Waals surface area contributed by atoms with Crippen LogP contribution in [0, 0.1) is 0 Å². The molecule has 1 aromatic rings. The van der Waals surface area contributed by atoms with Crippen molar-refractivity contribution in [2.75, 3.05) is 12.5 Å². The molecular weight excluding hydrogens is 200 g/mol. The minimum atomic E-state index is -0.770. The van der Waals surface area contributed by atoms with Crippen LogP contribution in [-0.2, 0) is 5.54 Å². The first-order valence-electron chi connectivity index (χ1n) is 4.45. The van der Waals surface area contributed by atoms with Crippen LogP contribution in [-0.4, -0.2) is 21.3 Å². The predicted molar refractivity (Wildman–Crippen MR) is 55.9 cm³/mol. The molecule has 0 aliphatic heterocycles. The molecule has 0 spiro atoms. The summed E-state index contributed by atoms with van der Waals surface area (Å²) in [6, 6.07) is 0. The first-order chi connectivity index (χ1) is 6.79. The van der Waals surface area contributed by atoms with Gasteiger partial charge in [-0.1, -0.05) is 0 Å². The average Bonchev–Trinajstić information content (AvgIpc) is 2.00. The van der Waals surface area contributed by atoms with Gasteiger partial charge in [0.25, 0.3) is 0 Å². The molecule has 7 heteroatoms. The van der Waals surface area contributed by atoms with Gasteiger partial charge in [0.2, 0.25) is 0 Å². The number of rotatable bonds is 1. The lowest BCUT2D eigenvalue weighted by Crippen LogP contribution is -2.56. The molecule has 0 radical (unpaired) electrons. The first-order valence-corrected chi connectivity index (χ1v) is 4.45. The third-order valence-corrected chi connectivity index (χ3v) is 1.90. The van der Waals surface area contributed by atoms with E-state index in [1.165, 1.54) is 7.05 Å². The molecule has 2 N–H and O–H groups in total. The van der Waals surface area contributed by atoms with E-state index in [2.05, 4.69) is 10.4 Å². The summed E-state index contributed by atoms with van der Waals surface area (Å²) < 4.78 is 1.72. The van der Waals surface area contributed by atoms with Gasteiger partial charge in [-0.2, -0.15) is 4.68 Å². The molecule has 0 saturated heterocycles. The third kappa shape index (κ3) is 1.85. The quantitative estimate of drug-likeness (QED) is 0.603. The molecule has 0 unspecified atom stereocenters. The normalized spacial score (nSPS) is 11.5. The van der Waals surface area contributed by atoms with E-state index in [1.54, 1.807) is 20.8 Å². The maximum Gasteiger partial charge on any atom is 0.355 e. The minimum absolute atomic E-state index is 0.682. The molecule has 0 atom stereocenters. The van der Waals surface area contributed by atoms with Crippen LogP contribution in [0.5, 0.6) is 0 Å². The van der Waals surface area contributed by atoms with Gasteiger partial charge in [-0.3, -0.25) is 4.98 Å². The molecule has 15 heavy (non-hydrogen) atoms. The highest BCUT2D eigenvalue weighted by Crippen LogP contribution is 2.05. The van der Waals surface area contributed by atoms with E-state index in [1.807, 2.05) is 0 Å². The molecular formula is C8H14N4O3. The van der Waals surface area contributed by atoms with E-state index in [4.69, 9.17) is 0 Å². The molecule has 7 nitrogen and oxygen atoms in total. The van der Waals surface area contributed by atoms with Crippen molar-refractivity contribution in [3.8, 4) is 0 Å².